The Morgan fingerprint density at radius 2 is 1.78 bits per heavy atom. The van der Waals surface area contributed by atoms with Crippen molar-refractivity contribution in [2.45, 2.75) is 11.8 Å². The fourth-order valence-electron chi connectivity index (χ4n) is 1.93. The first-order chi connectivity index (χ1) is 11.2. The Labute approximate surface area is 141 Å². The zero-order chi connectivity index (χ0) is 16.5. The predicted molar refractivity (Wildman–Crippen MR) is 93.4 cm³/mol. The number of methoxy groups -OCH3 is 1. The minimum absolute atomic E-state index is 0.0183. The third-order valence-electron chi connectivity index (χ3n) is 3.14. The van der Waals surface area contributed by atoms with Gasteiger partial charge in [0.1, 0.15) is 0 Å². The number of rotatable bonds is 8. The number of hydrogen-bond acceptors (Lipinski definition) is 4. The summed E-state index contributed by atoms with van der Waals surface area (Å²) in [4.78, 5) is 13.0. The fraction of sp³-hybridized carbons (Fsp3) is 0.278. The van der Waals surface area contributed by atoms with Gasteiger partial charge in [0.15, 0.2) is 18.1 Å². The molecule has 0 aliphatic heterocycles. The van der Waals surface area contributed by atoms with Crippen molar-refractivity contribution in [1.82, 2.24) is 5.32 Å². The average Bonchev–Trinajstić information content (AvgIpc) is 2.58. The molecule has 0 aliphatic rings. The Bertz CT molecular complexity index is 628. The van der Waals surface area contributed by atoms with Gasteiger partial charge < -0.3 is 14.8 Å². The molecule has 0 atom stereocenters. The molecule has 0 saturated carbocycles. The van der Waals surface area contributed by atoms with E-state index in [1.807, 2.05) is 12.1 Å². The molecule has 5 heteroatoms. The topological polar surface area (TPSA) is 47.6 Å². The van der Waals surface area contributed by atoms with E-state index in [1.165, 1.54) is 10.5 Å². The van der Waals surface area contributed by atoms with Crippen LogP contribution in [0.25, 0.3) is 0 Å². The predicted octanol–water partition coefficient (Wildman–Crippen LogP) is 3.29. The smallest absolute Gasteiger partial charge is 0.257 e. The van der Waals surface area contributed by atoms with Crippen LogP contribution in [-0.4, -0.2) is 31.9 Å². The average molecular weight is 331 g/mol. The normalized spacial score (nSPS) is 10.2. The van der Waals surface area contributed by atoms with Crippen LogP contribution in [0, 0.1) is 6.92 Å². The molecule has 0 radical (unpaired) electrons. The molecular weight excluding hydrogens is 310 g/mol. The standard InChI is InChI=1S/C18H21NO3S/c1-14-7-9-15(10-8-14)23-12-11-19-18(20)13-22-17-6-4-3-5-16(17)21-2/h3-10H,11-13H2,1-2H3,(H,19,20). The number of aryl methyl sites for hydroxylation is 1. The number of carbonyl (C=O) groups is 1. The van der Waals surface area contributed by atoms with Crippen molar-refractivity contribution >= 4 is 17.7 Å². The molecule has 1 amide bonds. The molecule has 0 bridgehead atoms. The third-order valence-corrected chi connectivity index (χ3v) is 4.16. The number of benzene rings is 2. The minimum Gasteiger partial charge on any atom is -0.493 e. The lowest BCUT2D eigenvalue weighted by Crippen LogP contribution is -2.30. The van der Waals surface area contributed by atoms with Crippen LogP contribution in [0.4, 0.5) is 0 Å². The Morgan fingerprint density at radius 1 is 1.09 bits per heavy atom. The highest BCUT2D eigenvalue weighted by Crippen LogP contribution is 2.25. The lowest BCUT2D eigenvalue weighted by atomic mass is 10.2. The zero-order valence-electron chi connectivity index (χ0n) is 13.4. The molecule has 122 valence electrons. The molecule has 4 nitrogen and oxygen atoms in total. The number of ether oxygens (including phenoxy) is 2. The van der Waals surface area contributed by atoms with Gasteiger partial charge in [0.05, 0.1) is 7.11 Å². The molecule has 2 rings (SSSR count). The Hall–Kier alpha value is -2.14. The van der Waals surface area contributed by atoms with Gasteiger partial charge in [-0.15, -0.1) is 11.8 Å². The van der Waals surface area contributed by atoms with E-state index in [0.29, 0.717) is 18.0 Å². The minimum atomic E-state index is -0.139. The van der Waals surface area contributed by atoms with Crippen LogP contribution in [-0.2, 0) is 4.79 Å². The summed E-state index contributed by atoms with van der Waals surface area (Å²) in [5, 5.41) is 2.85. The molecule has 1 N–H and O–H groups in total. The molecule has 0 spiro atoms. The van der Waals surface area contributed by atoms with Crippen LogP contribution in [0.5, 0.6) is 11.5 Å². The van der Waals surface area contributed by atoms with Crippen molar-refractivity contribution in [1.29, 1.82) is 0 Å². The Kier molecular flexibility index (Phi) is 6.81. The second-order valence-corrected chi connectivity index (χ2v) is 6.12. The second-order valence-electron chi connectivity index (χ2n) is 4.95. The van der Waals surface area contributed by atoms with Crippen LogP contribution in [0.2, 0.25) is 0 Å². The van der Waals surface area contributed by atoms with Crippen LogP contribution in [0.1, 0.15) is 5.56 Å². The maximum absolute atomic E-state index is 11.8. The van der Waals surface area contributed by atoms with E-state index in [4.69, 9.17) is 9.47 Å². The number of carbonyl (C=O) groups excluding carboxylic acids is 1. The summed E-state index contributed by atoms with van der Waals surface area (Å²) in [6.45, 7) is 2.65. The lowest BCUT2D eigenvalue weighted by molar-refractivity contribution is -0.122. The number of para-hydroxylation sites is 2. The summed E-state index contributed by atoms with van der Waals surface area (Å²) >= 11 is 1.72. The lowest BCUT2D eigenvalue weighted by Gasteiger charge is -2.10. The van der Waals surface area contributed by atoms with Crippen LogP contribution in [0.3, 0.4) is 0 Å². The molecule has 2 aromatic rings. The Balaban J connectivity index is 1.66. The van der Waals surface area contributed by atoms with Crippen molar-refractivity contribution in [3.05, 3.63) is 54.1 Å². The Morgan fingerprint density at radius 3 is 2.48 bits per heavy atom. The SMILES string of the molecule is COc1ccccc1OCC(=O)NCCSc1ccc(C)cc1. The van der Waals surface area contributed by atoms with Gasteiger partial charge in [-0.2, -0.15) is 0 Å². The first-order valence-electron chi connectivity index (χ1n) is 7.41. The summed E-state index contributed by atoms with van der Waals surface area (Å²) in [6, 6.07) is 15.6. The fourth-order valence-corrected chi connectivity index (χ4v) is 2.69. The first kappa shape index (κ1) is 17.2. The van der Waals surface area contributed by atoms with Gasteiger partial charge in [0.25, 0.3) is 5.91 Å². The highest BCUT2D eigenvalue weighted by atomic mass is 32.2. The molecule has 0 aromatic heterocycles. The maximum atomic E-state index is 11.8. The molecule has 23 heavy (non-hydrogen) atoms. The number of amides is 1. The van der Waals surface area contributed by atoms with Crippen molar-refractivity contribution in [3.63, 3.8) is 0 Å². The molecule has 0 fully saturated rings. The van der Waals surface area contributed by atoms with Gasteiger partial charge in [0.2, 0.25) is 0 Å². The van der Waals surface area contributed by atoms with E-state index in [9.17, 15) is 4.79 Å². The van der Waals surface area contributed by atoms with Crippen molar-refractivity contribution in [2.24, 2.45) is 0 Å². The third kappa shape index (κ3) is 5.87. The van der Waals surface area contributed by atoms with Gasteiger partial charge in [-0.1, -0.05) is 29.8 Å². The largest absolute Gasteiger partial charge is 0.493 e. The number of nitrogens with one attached hydrogen (secondary N) is 1. The van der Waals surface area contributed by atoms with Gasteiger partial charge in [-0.3, -0.25) is 4.79 Å². The van der Waals surface area contributed by atoms with E-state index in [2.05, 4.69) is 36.5 Å². The first-order valence-corrected chi connectivity index (χ1v) is 8.39. The summed E-state index contributed by atoms with van der Waals surface area (Å²) in [7, 11) is 1.57. The highest BCUT2D eigenvalue weighted by Gasteiger charge is 2.06. The maximum Gasteiger partial charge on any atom is 0.257 e. The molecule has 0 unspecified atom stereocenters. The van der Waals surface area contributed by atoms with E-state index in [1.54, 1.807) is 31.0 Å². The van der Waals surface area contributed by atoms with E-state index in [-0.39, 0.29) is 12.5 Å². The van der Waals surface area contributed by atoms with E-state index >= 15 is 0 Å². The quantitative estimate of drug-likeness (QED) is 0.596. The van der Waals surface area contributed by atoms with Gasteiger partial charge >= 0.3 is 0 Å². The van der Waals surface area contributed by atoms with Crippen molar-refractivity contribution < 1.29 is 14.3 Å². The molecule has 0 aliphatic carbocycles. The number of thioether (sulfide) groups is 1. The van der Waals surface area contributed by atoms with E-state index < -0.39 is 0 Å². The molecular formula is C18H21NO3S. The molecule has 0 saturated heterocycles. The van der Waals surface area contributed by atoms with Gasteiger partial charge in [0, 0.05) is 17.2 Å². The summed E-state index contributed by atoms with van der Waals surface area (Å²) < 4.78 is 10.6. The van der Waals surface area contributed by atoms with Gasteiger partial charge in [-0.05, 0) is 31.2 Å². The summed E-state index contributed by atoms with van der Waals surface area (Å²) in [5.41, 5.74) is 1.25. The molecule has 0 heterocycles. The second kappa shape index (κ2) is 9.10. The van der Waals surface area contributed by atoms with E-state index in [0.717, 1.165) is 5.75 Å². The van der Waals surface area contributed by atoms with Crippen LogP contribution < -0.4 is 14.8 Å². The summed E-state index contributed by atoms with van der Waals surface area (Å²) in [6.07, 6.45) is 0. The zero-order valence-corrected chi connectivity index (χ0v) is 14.2. The number of hydrogen-bond donors (Lipinski definition) is 1. The van der Waals surface area contributed by atoms with Gasteiger partial charge in [-0.25, -0.2) is 0 Å². The van der Waals surface area contributed by atoms with Crippen LogP contribution >= 0.6 is 11.8 Å². The van der Waals surface area contributed by atoms with Crippen molar-refractivity contribution in [2.75, 3.05) is 26.0 Å². The summed E-state index contributed by atoms with van der Waals surface area (Å²) in [5.74, 6) is 1.87. The highest BCUT2D eigenvalue weighted by molar-refractivity contribution is 7.99. The molecule has 2 aromatic carbocycles. The van der Waals surface area contributed by atoms with Crippen molar-refractivity contribution in [3.8, 4) is 11.5 Å². The van der Waals surface area contributed by atoms with Crippen LogP contribution in [0.15, 0.2) is 53.4 Å². The monoisotopic (exact) mass is 331 g/mol.